The Morgan fingerprint density at radius 1 is 1.20 bits per heavy atom. The summed E-state index contributed by atoms with van der Waals surface area (Å²) in [7, 11) is 0. The summed E-state index contributed by atoms with van der Waals surface area (Å²) in [4.78, 5) is 15.4. The van der Waals surface area contributed by atoms with Crippen LogP contribution in [-0.2, 0) is 0 Å². The number of hydrogen-bond acceptors (Lipinski definition) is 2. The van der Waals surface area contributed by atoms with Gasteiger partial charge in [0.05, 0.1) is 15.6 Å². The number of carbonyl (C=O) groups is 1. The molecule has 1 saturated heterocycles. The van der Waals surface area contributed by atoms with Gasteiger partial charge in [-0.15, -0.1) is 0 Å². The summed E-state index contributed by atoms with van der Waals surface area (Å²) in [6, 6.07) is 5.30. The number of Topliss-reactive ketones (excluding diaryl/α,β-unsaturated/α-hetero) is 1. The smallest absolute Gasteiger partial charge is 0.184 e. The Kier molecular flexibility index (Phi) is 5.11. The molecule has 0 aromatic heterocycles. The highest BCUT2D eigenvalue weighted by Crippen LogP contribution is 2.35. The van der Waals surface area contributed by atoms with Gasteiger partial charge in [0.1, 0.15) is 0 Å². The van der Waals surface area contributed by atoms with E-state index in [1.54, 1.807) is 18.2 Å². The van der Waals surface area contributed by atoms with E-state index in [9.17, 15) is 4.79 Å². The molecule has 0 spiro atoms. The van der Waals surface area contributed by atoms with Crippen molar-refractivity contribution in [3.63, 3.8) is 0 Å². The lowest BCUT2D eigenvalue weighted by molar-refractivity contribution is 0.0581. The fourth-order valence-electron chi connectivity index (χ4n) is 3.24. The van der Waals surface area contributed by atoms with Gasteiger partial charge in [0.2, 0.25) is 0 Å². The predicted octanol–water partition coefficient (Wildman–Crippen LogP) is 4.83. The highest BCUT2D eigenvalue weighted by Gasteiger charge is 2.42. The van der Waals surface area contributed by atoms with Gasteiger partial charge >= 0.3 is 0 Å². The second-order valence-corrected chi connectivity index (χ2v) is 6.15. The SMILES string of the molecule is CCC(CC)(C(=O)c1cccc(Cl)c1Cl)N1CCCC1. The molecule has 1 fully saturated rings. The van der Waals surface area contributed by atoms with Crippen molar-refractivity contribution < 1.29 is 4.79 Å². The van der Waals surface area contributed by atoms with E-state index in [1.807, 2.05) is 0 Å². The third kappa shape index (κ3) is 2.61. The van der Waals surface area contributed by atoms with Crippen LogP contribution in [-0.4, -0.2) is 29.3 Å². The van der Waals surface area contributed by atoms with Gasteiger partial charge in [0.25, 0.3) is 0 Å². The Balaban J connectivity index is 2.43. The zero-order valence-electron chi connectivity index (χ0n) is 12.1. The van der Waals surface area contributed by atoms with Crippen LogP contribution in [0.1, 0.15) is 49.9 Å². The molecule has 1 aromatic carbocycles. The van der Waals surface area contributed by atoms with Crippen molar-refractivity contribution in [1.82, 2.24) is 4.90 Å². The Bertz CT molecular complexity index is 491. The minimum absolute atomic E-state index is 0.108. The first-order valence-electron chi connectivity index (χ1n) is 7.30. The molecule has 0 amide bonds. The molecule has 0 bridgehead atoms. The molecule has 0 atom stereocenters. The zero-order chi connectivity index (χ0) is 14.8. The van der Waals surface area contributed by atoms with Crippen LogP contribution in [0, 0.1) is 0 Å². The molecule has 1 aromatic rings. The van der Waals surface area contributed by atoms with Crippen molar-refractivity contribution in [1.29, 1.82) is 0 Å². The number of benzene rings is 1. The molecule has 0 N–H and O–H groups in total. The van der Waals surface area contributed by atoms with E-state index in [0.717, 1.165) is 38.8 Å². The molecule has 1 aliphatic heterocycles. The Hall–Kier alpha value is -0.570. The highest BCUT2D eigenvalue weighted by molar-refractivity contribution is 6.44. The van der Waals surface area contributed by atoms with Gasteiger partial charge in [-0.2, -0.15) is 0 Å². The Morgan fingerprint density at radius 3 is 2.35 bits per heavy atom. The van der Waals surface area contributed by atoms with E-state index in [1.165, 1.54) is 0 Å². The van der Waals surface area contributed by atoms with E-state index in [0.29, 0.717) is 15.6 Å². The summed E-state index contributed by atoms with van der Waals surface area (Å²) in [6.07, 6.45) is 3.92. The molecule has 2 nitrogen and oxygen atoms in total. The third-order valence-electron chi connectivity index (χ3n) is 4.50. The quantitative estimate of drug-likeness (QED) is 0.726. The topological polar surface area (TPSA) is 20.3 Å². The normalized spacial score (nSPS) is 16.6. The zero-order valence-corrected chi connectivity index (χ0v) is 13.6. The maximum Gasteiger partial charge on any atom is 0.184 e. The largest absolute Gasteiger partial charge is 0.292 e. The third-order valence-corrected chi connectivity index (χ3v) is 5.32. The van der Waals surface area contributed by atoms with Crippen molar-refractivity contribution in [2.75, 3.05) is 13.1 Å². The lowest BCUT2D eigenvalue weighted by Crippen LogP contribution is -2.52. The van der Waals surface area contributed by atoms with Crippen LogP contribution >= 0.6 is 23.2 Å². The fraction of sp³-hybridized carbons (Fsp3) is 0.562. The highest BCUT2D eigenvalue weighted by atomic mass is 35.5. The average molecular weight is 314 g/mol. The van der Waals surface area contributed by atoms with Gasteiger partial charge < -0.3 is 0 Å². The van der Waals surface area contributed by atoms with Gasteiger partial charge in [0.15, 0.2) is 5.78 Å². The van der Waals surface area contributed by atoms with Gasteiger partial charge in [0, 0.05) is 5.56 Å². The van der Waals surface area contributed by atoms with Crippen LogP contribution < -0.4 is 0 Å². The van der Waals surface area contributed by atoms with Crippen molar-refractivity contribution in [2.24, 2.45) is 0 Å². The second kappa shape index (κ2) is 6.46. The summed E-state index contributed by atoms with van der Waals surface area (Å²) in [5, 5.41) is 0.824. The van der Waals surface area contributed by atoms with Gasteiger partial charge in [-0.05, 0) is 50.9 Å². The molecule has 2 rings (SSSR count). The first kappa shape index (κ1) is 15.8. The van der Waals surface area contributed by atoms with Crippen molar-refractivity contribution in [3.8, 4) is 0 Å². The lowest BCUT2D eigenvalue weighted by Gasteiger charge is -2.39. The van der Waals surface area contributed by atoms with Crippen LogP contribution in [0.25, 0.3) is 0 Å². The minimum Gasteiger partial charge on any atom is -0.292 e. The molecule has 0 radical (unpaired) electrons. The number of halogens is 2. The molecule has 1 aliphatic rings. The van der Waals surface area contributed by atoms with Crippen LogP contribution in [0.5, 0.6) is 0 Å². The monoisotopic (exact) mass is 313 g/mol. The van der Waals surface area contributed by atoms with E-state index >= 15 is 0 Å². The molecule has 0 aliphatic carbocycles. The molecular formula is C16H21Cl2NO. The maximum atomic E-state index is 13.1. The minimum atomic E-state index is -0.440. The van der Waals surface area contributed by atoms with E-state index in [4.69, 9.17) is 23.2 Å². The number of ketones is 1. The fourth-order valence-corrected chi connectivity index (χ4v) is 3.62. The number of hydrogen-bond donors (Lipinski definition) is 0. The summed E-state index contributed by atoms with van der Waals surface area (Å²) in [5.74, 6) is 0.108. The summed E-state index contributed by atoms with van der Waals surface area (Å²) >= 11 is 12.3. The van der Waals surface area contributed by atoms with E-state index in [-0.39, 0.29) is 5.78 Å². The number of nitrogens with zero attached hydrogens (tertiary/aromatic N) is 1. The summed E-state index contributed by atoms with van der Waals surface area (Å²) in [6.45, 7) is 6.15. The Labute approximate surface area is 131 Å². The van der Waals surface area contributed by atoms with Gasteiger partial charge in [-0.3, -0.25) is 9.69 Å². The number of carbonyl (C=O) groups excluding carboxylic acids is 1. The average Bonchev–Trinajstić information content (AvgIpc) is 2.98. The molecular weight excluding hydrogens is 293 g/mol. The molecule has 4 heteroatoms. The number of likely N-dealkylation sites (tertiary alicyclic amines) is 1. The molecule has 0 unspecified atom stereocenters. The first-order chi connectivity index (χ1) is 9.56. The number of rotatable bonds is 5. The first-order valence-corrected chi connectivity index (χ1v) is 8.06. The van der Waals surface area contributed by atoms with Crippen LogP contribution in [0.4, 0.5) is 0 Å². The van der Waals surface area contributed by atoms with Gasteiger partial charge in [-0.1, -0.05) is 43.1 Å². The molecule has 1 heterocycles. The molecule has 20 heavy (non-hydrogen) atoms. The van der Waals surface area contributed by atoms with Crippen molar-refractivity contribution in [2.45, 2.75) is 45.1 Å². The van der Waals surface area contributed by atoms with E-state index in [2.05, 4.69) is 18.7 Å². The predicted molar refractivity (Wildman–Crippen MR) is 84.9 cm³/mol. The summed E-state index contributed by atoms with van der Waals surface area (Å²) in [5.41, 5.74) is 0.111. The van der Waals surface area contributed by atoms with E-state index < -0.39 is 5.54 Å². The maximum absolute atomic E-state index is 13.1. The van der Waals surface area contributed by atoms with Crippen LogP contribution in [0.2, 0.25) is 10.0 Å². The lowest BCUT2D eigenvalue weighted by atomic mass is 9.82. The van der Waals surface area contributed by atoms with Crippen molar-refractivity contribution in [3.05, 3.63) is 33.8 Å². The van der Waals surface area contributed by atoms with Crippen LogP contribution in [0.15, 0.2) is 18.2 Å². The standard InChI is InChI=1S/C16H21Cl2NO/c1-3-16(4-2,19-10-5-6-11-19)15(20)12-8-7-9-13(17)14(12)18/h7-9H,3-6,10-11H2,1-2H3. The van der Waals surface area contributed by atoms with Crippen LogP contribution in [0.3, 0.4) is 0 Å². The molecule has 0 saturated carbocycles. The van der Waals surface area contributed by atoms with Gasteiger partial charge in [-0.25, -0.2) is 0 Å². The summed E-state index contributed by atoms with van der Waals surface area (Å²) < 4.78 is 0. The van der Waals surface area contributed by atoms with Crippen molar-refractivity contribution >= 4 is 29.0 Å². The second-order valence-electron chi connectivity index (χ2n) is 5.36. The molecule has 110 valence electrons. The Morgan fingerprint density at radius 2 is 1.80 bits per heavy atom.